The van der Waals surface area contributed by atoms with Gasteiger partial charge in [-0.2, -0.15) is 0 Å². The molecule has 0 saturated heterocycles. The first-order chi connectivity index (χ1) is 15.4. The van der Waals surface area contributed by atoms with Crippen molar-refractivity contribution in [1.82, 2.24) is 14.8 Å². The summed E-state index contributed by atoms with van der Waals surface area (Å²) < 4.78 is 7.53. The van der Waals surface area contributed by atoms with Gasteiger partial charge in [0.2, 0.25) is 5.91 Å². The minimum Gasteiger partial charge on any atom is -0.469 e. The molecule has 2 aromatic heterocycles. The maximum atomic E-state index is 12.9. The first kappa shape index (κ1) is 21.9. The zero-order valence-electron chi connectivity index (χ0n) is 18.6. The lowest BCUT2D eigenvalue weighted by Gasteiger charge is -2.15. The van der Waals surface area contributed by atoms with E-state index in [1.54, 1.807) is 6.26 Å². The summed E-state index contributed by atoms with van der Waals surface area (Å²) in [7, 11) is 0. The first-order valence-electron chi connectivity index (χ1n) is 10.5. The Balaban J connectivity index is 1.60. The molecule has 4 aromatic rings. The van der Waals surface area contributed by atoms with Crippen molar-refractivity contribution < 1.29 is 9.21 Å². The number of hydrogen-bond acceptors (Lipinski definition) is 5. The van der Waals surface area contributed by atoms with Gasteiger partial charge in [0.15, 0.2) is 11.0 Å². The zero-order valence-corrected chi connectivity index (χ0v) is 19.4. The standard InChI is InChI=1S/C25H26N4O2S/c1-16-10-11-17(2)22(14-16)26-24(30)19(4)32-25-28-27-23(21-12-13-31-18(21)3)29(25)15-20-8-6-5-7-9-20/h5-14,19H,15H2,1-4H3,(H,26,30). The van der Waals surface area contributed by atoms with E-state index in [4.69, 9.17) is 4.42 Å². The van der Waals surface area contributed by atoms with Gasteiger partial charge in [0, 0.05) is 5.69 Å². The molecule has 1 amide bonds. The van der Waals surface area contributed by atoms with Crippen molar-refractivity contribution in [1.29, 1.82) is 0 Å². The lowest BCUT2D eigenvalue weighted by molar-refractivity contribution is -0.115. The van der Waals surface area contributed by atoms with Crippen molar-refractivity contribution >= 4 is 23.4 Å². The third kappa shape index (κ3) is 4.78. The summed E-state index contributed by atoms with van der Waals surface area (Å²) in [5.74, 6) is 1.44. The Morgan fingerprint density at radius 3 is 2.59 bits per heavy atom. The average molecular weight is 447 g/mol. The van der Waals surface area contributed by atoms with Crippen molar-refractivity contribution in [2.45, 2.75) is 44.6 Å². The van der Waals surface area contributed by atoms with Gasteiger partial charge in [-0.3, -0.25) is 9.36 Å². The van der Waals surface area contributed by atoms with Crippen molar-refractivity contribution in [3.63, 3.8) is 0 Å². The molecule has 7 heteroatoms. The van der Waals surface area contributed by atoms with Gasteiger partial charge in [0.1, 0.15) is 5.76 Å². The number of amides is 1. The van der Waals surface area contributed by atoms with E-state index >= 15 is 0 Å². The molecule has 0 fully saturated rings. The quantitative estimate of drug-likeness (QED) is 0.372. The molecule has 0 saturated carbocycles. The highest BCUT2D eigenvalue weighted by molar-refractivity contribution is 8.00. The van der Waals surface area contributed by atoms with Crippen LogP contribution in [0.5, 0.6) is 0 Å². The predicted octanol–water partition coefficient (Wildman–Crippen LogP) is 5.63. The van der Waals surface area contributed by atoms with Crippen LogP contribution in [0.2, 0.25) is 0 Å². The van der Waals surface area contributed by atoms with E-state index in [0.29, 0.717) is 11.7 Å². The SMILES string of the molecule is Cc1ccc(C)c(NC(=O)C(C)Sc2nnc(-c3ccoc3C)n2Cc2ccccc2)c1. The molecule has 32 heavy (non-hydrogen) atoms. The lowest BCUT2D eigenvalue weighted by atomic mass is 10.1. The van der Waals surface area contributed by atoms with Crippen LogP contribution in [-0.4, -0.2) is 25.9 Å². The second-order valence-electron chi connectivity index (χ2n) is 7.84. The Morgan fingerprint density at radius 1 is 1.09 bits per heavy atom. The van der Waals surface area contributed by atoms with Crippen LogP contribution in [0.3, 0.4) is 0 Å². The molecule has 0 aliphatic heterocycles. The molecule has 0 aliphatic rings. The number of rotatable bonds is 7. The average Bonchev–Trinajstić information content (AvgIpc) is 3.37. The molecule has 0 radical (unpaired) electrons. The number of thioether (sulfide) groups is 1. The van der Waals surface area contributed by atoms with Gasteiger partial charge >= 0.3 is 0 Å². The number of aryl methyl sites for hydroxylation is 3. The summed E-state index contributed by atoms with van der Waals surface area (Å²) >= 11 is 1.40. The third-order valence-electron chi connectivity index (χ3n) is 5.30. The molecule has 0 bridgehead atoms. The maximum absolute atomic E-state index is 12.9. The highest BCUT2D eigenvalue weighted by Crippen LogP contribution is 2.30. The zero-order chi connectivity index (χ0) is 22.7. The second kappa shape index (κ2) is 9.44. The van der Waals surface area contributed by atoms with Gasteiger partial charge < -0.3 is 9.73 Å². The van der Waals surface area contributed by atoms with E-state index in [1.807, 2.05) is 74.7 Å². The van der Waals surface area contributed by atoms with Crippen molar-refractivity contribution in [3.05, 3.63) is 83.3 Å². The van der Waals surface area contributed by atoms with Crippen LogP contribution < -0.4 is 5.32 Å². The van der Waals surface area contributed by atoms with Gasteiger partial charge in [0.05, 0.1) is 23.6 Å². The molecule has 0 aliphatic carbocycles. The van der Waals surface area contributed by atoms with Gasteiger partial charge in [-0.25, -0.2) is 0 Å². The fraction of sp³-hybridized carbons (Fsp3) is 0.240. The van der Waals surface area contributed by atoms with Crippen LogP contribution in [0, 0.1) is 20.8 Å². The molecule has 4 rings (SSSR count). The van der Waals surface area contributed by atoms with Crippen LogP contribution in [-0.2, 0) is 11.3 Å². The molecule has 2 heterocycles. The summed E-state index contributed by atoms with van der Waals surface area (Å²) in [6.07, 6.45) is 1.65. The van der Waals surface area contributed by atoms with Crippen LogP contribution >= 0.6 is 11.8 Å². The number of nitrogens with zero attached hydrogens (tertiary/aromatic N) is 3. The minimum atomic E-state index is -0.355. The van der Waals surface area contributed by atoms with Crippen LogP contribution in [0.4, 0.5) is 5.69 Å². The highest BCUT2D eigenvalue weighted by atomic mass is 32.2. The molecular weight excluding hydrogens is 420 g/mol. The molecule has 6 nitrogen and oxygen atoms in total. The Kier molecular flexibility index (Phi) is 6.46. The molecule has 1 unspecified atom stereocenters. The van der Waals surface area contributed by atoms with Gasteiger partial charge in [0.25, 0.3) is 0 Å². The number of anilines is 1. The van der Waals surface area contributed by atoms with Crippen LogP contribution in [0.1, 0.15) is 29.4 Å². The second-order valence-corrected chi connectivity index (χ2v) is 9.14. The Bertz CT molecular complexity index is 1230. The van der Waals surface area contributed by atoms with Crippen LogP contribution in [0.15, 0.2) is 70.4 Å². The smallest absolute Gasteiger partial charge is 0.237 e. The molecular formula is C25H26N4O2S. The summed E-state index contributed by atoms with van der Waals surface area (Å²) in [6, 6.07) is 18.1. The number of aromatic nitrogens is 3. The fourth-order valence-corrected chi connectivity index (χ4v) is 4.27. The Morgan fingerprint density at radius 2 is 1.88 bits per heavy atom. The third-order valence-corrected chi connectivity index (χ3v) is 6.38. The van der Waals surface area contributed by atoms with E-state index in [0.717, 1.165) is 39.5 Å². The van der Waals surface area contributed by atoms with Crippen molar-refractivity contribution in [3.8, 4) is 11.4 Å². The van der Waals surface area contributed by atoms with E-state index in [1.165, 1.54) is 11.8 Å². The maximum Gasteiger partial charge on any atom is 0.237 e. The van der Waals surface area contributed by atoms with E-state index < -0.39 is 0 Å². The molecule has 2 aromatic carbocycles. The van der Waals surface area contributed by atoms with Crippen LogP contribution in [0.25, 0.3) is 11.4 Å². The normalized spacial score (nSPS) is 12.0. The summed E-state index contributed by atoms with van der Waals surface area (Å²) in [5.41, 5.74) is 5.00. The monoisotopic (exact) mass is 446 g/mol. The van der Waals surface area contributed by atoms with Gasteiger partial charge in [-0.05, 0) is 56.5 Å². The Labute approximate surface area is 192 Å². The van der Waals surface area contributed by atoms with Gasteiger partial charge in [-0.15, -0.1) is 10.2 Å². The number of furan rings is 1. The van der Waals surface area contributed by atoms with E-state index in [9.17, 15) is 4.79 Å². The topological polar surface area (TPSA) is 73.0 Å². The fourth-order valence-electron chi connectivity index (χ4n) is 3.42. The number of nitrogens with one attached hydrogen (secondary N) is 1. The van der Waals surface area contributed by atoms with E-state index in [-0.39, 0.29) is 11.2 Å². The van der Waals surface area contributed by atoms with Crippen molar-refractivity contribution in [2.75, 3.05) is 5.32 Å². The number of carbonyl (C=O) groups excluding carboxylic acids is 1. The molecule has 0 spiro atoms. The summed E-state index contributed by atoms with van der Waals surface area (Å²) in [4.78, 5) is 12.9. The number of hydrogen-bond donors (Lipinski definition) is 1. The molecule has 1 atom stereocenters. The molecule has 164 valence electrons. The Hall–Kier alpha value is -3.32. The first-order valence-corrected chi connectivity index (χ1v) is 11.4. The molecule has 1 N–H and O–H groups in total. The highest BCUT2D eigenvalue weighted by Gasteiger charge is 2.23. The largest absolute Gasteiger partial charge is 0.469 e. The summed E-state index contributed by atoms with van der Waals surface area (Å²) in [5, 5.41) is 12.2. The summed E-state index contributed by atoms with van der Waals surface area (Å²) in [6.45, 7) is 8.39. The van der Waals surface area contributed by atoms with E-state index in [2.05, 4.69) is 27.6 Å². The lowest BCUT2D eigenvalue weighted by Crippen LogP contribution is -2.23. The minimum absolute atomic E-state index is 0.0704. The number of benzene rings is 2. The van der Waals surface area contributed by atoms with Crippen molar-refractivity contribution in [2.24, 2.45) is 0 Å². The number of carbonyl (C=O) groups is 1. The van der Waals surface area contributed by atoms with Gasteiger partial charge in [-0.1, -0.05) is 54.2 Å². The predicted molar refractivity (Wildman–Crippen MR) is 128 cm³/mol.